The summed E-state index contributed by atoms with van der Waals surface area (Å²) in [6.07, 6.45) is 9.47. The second kappa shape index (κ2) is 7.54. The summed E-state index contributed by atoms with van der Waals surface area (Å²) >= 11 is 0. The van der Waals surface area contributed by atoms with Gasteiger partial charge in [0.15, 0.2) is 0 Å². The Morgan fingerprint density at radius 2 is 1.74 bits per heavy atom. The maximum absolute atomic E-state index is 6.36. The van der Waals surface area contributed by atoms with Crippen LogP contribution >= 0.6 is 0 Å². The van der Waals surface area contributed by atoms with E-state index < -0.39 is 0 Å². The van der Waals surface area contributed by atoms with Gasteiger partial charge in [0.25, 0.3) is 0 Å². The first-order chi connectivity index (χ1) is 9.29. The Morgan fingerprint density at radius 1 is 1.11 bits per heavy atom. The number of hydrogen-bond donors (Lipinski definition) is 1. The molecule has 19 heavy (non-hydrogen) atoms. The molecule has 0 heterocycles. The minimum absolute atomic E-state index is 0.179. The molecule has 1 aliphatic carbocycles. The summed E-state index contributed by atoms with van der Waals surface area (Å²) in [6.45, 7) is 2.72. The van der Waals surface area contributed by atoms with E-state index in [1.165, 1.54) is 44.1 Å². The predicted octanol–water partition coefficient (Wildman–Crippen LogP) is 4.45. The molecule has 1 fully saturated rings. The minimum Gasteiger partial charge on any atom is -0.494 e. The molecule has 0 radical (unpaired) electrons. The van der Waals surface area contributed by atoms with E-state index in [-0.39, 0.29) is 6.04 Å². The van der Waals surface area contributed by atoms with Gasteiger partial charge in [0, 0.05) is 6.04 Å². The van der Waals surface area contributed by atoms with Gasteiger partial charge in [-0.3, -0.25) is 0 Å². The number of hydrogen-bond acceptors (Lipinski definition) is 2. The molecule has 1 aromatic rings. The van der Waals surface area contributed by atoms with Crippen molar-refractivity contribution < 1.29 is 4.74 Å². The Balaban J connectivity index is 1.89. The number of nitrogens with two attached hydrogens (primary N) is 1. The SMILES string of the molecule is CCOc1ccc(C(N)CC2CCCCCC2)cc1. The molecule has 2 nitrogen and oxygen atoms in total. The summed E-state index contributed by atoms with van der Waals surface area (Å²) < 4.78 is 5.47. The number of benzene rings is 1. The molecule has 0 amide bonds. The number of ether oxygens (including phenoxy) is 1. The second-order valence-electron chi connectivity index (χ2n) is 5.70. The Kier molecular flexibility index (Phi) is 5.71. The maximum atomic E-state index is 6.36. The maximum Gasteiger partial charge on any atom is 0.119 e. The topological polar surface area (TPSA) is 35.2 Å². The summed E-state index contributed by atoms with van der Waals surface area (Å²) in [4.78, 5) is 0. The molecule has 1 aromatic carbocycles. The number of rotatable bonds is 5. The molecule has 0 saturated heterocycles. The highest BCUT2D eigenvalue weighted by atomic mass is 16.5. The molecule has 1 saturated carbocycles. The van der Waals surface area contributed by atoms with Crippen molar-refractivity contribution in [1.82, 2.24) is 0 Å². The van der Waals surface area contributed by atoms with Crippen molar-refractivity contribution in [1.29, 1.82) is 0 Å². The van der Waals surface area contributed by atoms with Crippen LogP contribution in [0.3, 0.4) is 0 Å². The highest BCUT2D eigenvalue weighted by Crippen LogP contribution is 2.30. The van der Waals surface area contributed by atoms with Crippen LogP contribution in [0.25, 0.3) is 0 Å². The molecule has 0 spiro atoms. The largest absolute Gasteiger partial charge is 0.494 e. The third-order valence-electron chi connectivity index (χ3n) is 4.18. The van der Waals surface area contributed by atoms with E-state index in [1.807, 2.05) is 19.1 Å². The zero-order chi connectivity index (χ0) is 13.5. The van der Waals surface area contributed by atoms with Gasteiger partial charge in [-0.1, -0.05) is 50.7 Å². The van der Waals surface area contributed by atoms with Crippen LogP contribution in [0.5, 0.6) is 5.75 Å². The smallest absolute Gasteiger partial charge is 0.119 e. The molecule has 0 bridgehead atoms. The molecule has 2 N–H and O–H groups in total. The Hall–Kier alpha value is -1.02. The van der Waals surface area contributed by atoms with Crippen molar-refractivity contribution >= 4 is 0 Å². The van der Waals surface area contributed by atoms with Crippen LogP contribution in [-0.2, 0) is 0 Å². The lowest BCUT2D eigenvalue weighted by Gasteiger charge is -2.19. The van der Waals surface area contributed by atoms with Gasteiger partial charge in [0.1, 0.15) is 5.75 Å². The second-order valence-corrected chi connectivity index (χ2v) is 5.70. The fourth-order valence-corrected chi connectivity index (χ4v) is 3.07. The van der Waals surface area contributed by atoms with E-state index in [4.69, 9.17) is 10.5 Å². The van der Waals surface area contributed by atoms with Gasteiger partial charge in [0.05, 0.1) is 6.61 Å². The van der Waals surface area contributed by atoms with E-state index in [0.29, 0.717) is 6.61 Å². The first-order valence-electron chi connectivity index (χ1n) is 7.78. The lowest BCUT2D eigenvalue weighted by Crippen LogP contribution is -2.15. The quantitative estimate of drug-likeness (QED) is 0.795. The average molecular weight is 261 g/mol. The van der Waals surface area contributed by atoms with Crippen LogP contribution in [0.1, 0.15) is 63.5 Å². The van der Waals surface area contributed by atoms with Gasteiger partial charge >= 0.3 is 0 Å². The van der Waals surface area contributed by atoms with Crippen LogP contribution in [0.2, 0.25) is 0 Å². The van der Waals surface area contributed by atoms with Gasteiger partial charge in [-0.05, 0) is 37.0 Å². The molecular weight excluding hydrogens is 234 g/mol. The van der Waals surface area contributed by atoms with Gasteiger partial charge in [-0.2, -0.15) is 0 Å². The van der Waals surface area contributed by atoms with Crippen molar-refractivity contribution in [2.45, 2.75) is 57.9 Å². The Labute approximate surface area is 117 Å². The Morgan fingerprint density at radius 3 is 2.32 bits per heavy atom. The van der Waals surface area contributed by atoms with Gasteiger partial charge in [0.2, 0.25) is 0 Å². The third kappa shape index (κ3) is 4.54. The average Bonchev–Trinajstić information content (AvgIpc) is 2.68. The summed E-state index contributed by atoms with van der Waals surface area (Å²) in [6, 6.07) is 8.48. The first kappa shape index (κ1) is 14.4. The predicted molar refractivity (Wildman–Crippen MR) is 80.3 cm³/mol. The van der Waals surface area contributed by atoms with Crippen LogP contribution in [0, 0.1) is 5.92 Å². The molecule has 0 aromatic heterocycles. The van der Waals surface area contributed by atoms with Crippen molar-refractivity contribution in [3.05, 3.63) is 29.8 Å². The standard InChI is InChI=1S/C17H27NO/c1-2-19-16-11-9-15(10-12-16)17(18)13-14-7-5-3-4-6-8-14/h9-12,14,17H,2-8,13,18H2,1H3. The van der Waals surface area contributed by atoms with Crippen molar-refractivity contribution in [3.8, 4) is 5.75 Å². The highest BCUT2D eigenvalue weighted by molar-refractivity contribution is 5.29. The molecule has 0 aliphatic heterocycles. The minimum atomic E-state index is 0.179. The van der Waals surface area contributed by atoms with Crippen LogP contribution in [0.15, 0.2) is 24.3 Å². The first-order valence-corrected chi connectivity index (χ1v) is 7.78. The van der Waals surface area contributed by atoms with Gasteiger partial charge in [-0.25, -0.2) is 0 Å². The van der Waals surface area contributed by atoms with Crippen molar-refractivity contribution in [2.75, 3.05) is 6.61 Å². The molecule has 106 valence electrons. The van der Waals surface area contributed by atoms with Crippen molar-refractivity contribution in [2.24, 2.45) is 11.7 Å². The van der Waals surface area contributed by atoms with Gasteiger partial charge in [-0.15, -0.1) is 0 Å². The molecule has 2 heteroatoms. The molecular formula is C17H27NO. The van der Waals surface area contributed by atoms with E-state index in [1.54, 1.807) is 0 Å². The Bertz CT molecular complexity index is 352. The van der Waals surface area contributed by atoms with E-state index in [0.717, 1.165) is 18.1 Å². The third-order valence-corrected chi connectivity index (χ3v) is 4.18. The molecule has 1 atom stereocenters. The fourth-order valence-electron chi connectivity index (χ4n) is 3.07. The van der Waals surface area contributed by atoms with E-state index in [9.17, 15) is 0 Å². The lowest BCUT2D eigenvalue weighted by molar-refractivity contribution is 0.340. The van der Waals surface area contributed by atoms with Crippen LogP contribution < -0.4 is 10.5 Å². The zero-order valence-corrected chi connectivity index (χ0v) is 12.1. The zero-order valence-electron chi connectivity index (χ0n) is 12.1. The fraction of sp³-hybridized carbons (Fsp3) is 0.647. The molecule has 1 unspecified atom stereocenters. The van der Waals surface area contributed by atoms with Crippen LogP contribution in [0.4, 0.5) is 0 Å². The summed E-state index contributed by atoms with van der Waals surface area (Å²) in [5.41, 5.74) is 7.60. The normalized spacial score (nSPS) is 18.8. The summed E-state index contributed by atoms with van der Waals surface area (Å²) in [5.74, 6) is 1.76. The lowest BCUT2D eigenvalue weighted by atomic mass is 9.90. The highest BCUT2D eigenvalue weighted by Gasteiger charge is 2.16. The van der Waals surface area contributed by atoms with E-state index >= 15 is 0 Å². The summed E-state index contributed by atoms with van der Waals surface area (Å²) in [5, 5.41) is 0. The van der Waals surface area contributed by atoms with E-state index in [2.05, 4.69) is 12.1 Å². The molecule has 1 aliphatic rings. The monoisotopic (exact) mass is 261 g/mol. The van der Waals surface area contributed by atoms with Crippen molar-refractivity contribution in [3.63, 3.8) is 0 Å². The summed E-state index contributed by atoms with van der Waals surface area (Å²) in [7, 11) is 0. The van der Waals surface area contributed by atoms with Crippen LogP contribution in [-0.4, -0.2) is 6.61 Å². The van der Waals surface area contributed by atoms with Gasteiger partial charge < -0.3 is 10.5 Å². The molecule has 2 rings (SSSR count).